The molecule has 0 aliphatic rings. The third-order valence-electron chi connectivity index (χ3n) is 6.13. The summed E-state index contributed by atoms with van der Waals surface area (Å²) in [5.74, 6) is -0.303. The molecule has 0 spiro atoms. The molecule has 1 N–H and O–H groups in total. The van der Waals surface area contributed by atoms with Crippen molar-refractivity contribution in [3.63, 3.8) is 0 Å². The smallest absolute Gasteiger partial charge is 0.433 e. The van der Waals surface area contributed by atoms with Crippen LogP contribution in [0.1, 0.15) is 21.7 Å². The van der Waals surface area contributed by atoms with Gasteiger partial charge in [-0.25, -0.2) is 9.50 Å². The molecule has 43 heavy (non-hydrogen) atoms. The maximum absolute atomic E-state index is 14.1. The Balaban J connectivity index is 1.54. The minimum atomic E-state index is -4.90. The highest BCUT2D eigenvalue weighted by Crippen LogP contribution is 2.36. The van der Waals surface area contributed by atoms with Gasteiger partial charge >= 0.3 is 6.18 Å². The summed E-state index contributed by atoms with van der Waals surface area (Å²) >= 11 is 12.3. The van der Waals surface area contributed by atoms with Crippen molar-refractivity contribution in [3.05, 3.63) is 104 Å². The number of nitrogens with one attached hydrogen (secondary N) is 1. The van der Waals surface area contributed by atoms with Crippen LogP contribution in [0.4, 0.5) is 24.5 Å². The highest BCUT2D eigenvalue weighted by molar-refractivity contribution is 6.37. The molecule has 0 atom stereocenters. The number of halogens is 5. The van der Waals surface area contributed by atoms with Crippen LogP contribution < -0.4 is 14.8 Å². The van der Waals surface area contributed by atoms with E-state index in [1.54, 1.807) is 37.3 Å². The van der Waals surface area contributed by atoms with E-state index in [0.717, 1.165) is 18.2 Å². The number of amides is 1. The zero-order chi connectivity index (χ0) is 31.1. The number of benzene rings is 3. The van der Waals surface area contributed by atoms with Crippen LogP contribution in [0.15, 0.2) is 66.7 Å². The monoisotopic (exact) mass is 631 g/mol. The van der Waals surface area contributed by atoms with Crippen molar-refractivity contribution in [1.82, 2.24) is 14.6 Å². The molecule has 0 aliphatic carbocycles. The van der Waals surface area contributed by atoms with Crippen molar-refractivity contribution in [2.75, 3.05) is 12.4 Å². The Morgan fingerprint density at radius 1 is 1.05 bits per heavy atom. The van der Waals surface area contributed by atoms with Crippen LogP contribution in [0.3, 0.4) is 0 Å². The zero-order valence-corrected chi connectivity index (χ0v) is 23.6. The second kappa shape index (κ2) is 11.4. The van der Waals surface area contributed by atoms with Crippen LogP contribution >= 0.6 is 23.2 Å². The first-order chi connectivity index (χ1) is 20.3. The molecule has 2 aromatic heterocycles. The van der Waals surface area contributed by atoms with Gasteiger partial charge < -0.3 is 14.8 Å². The average molecular weight is 632 g/mol. The van der Waals surface area contributed by atoms with E-state index in [0.29, 0.717) is 32.2 Å². The van der Waals surface area contributed by atoms with E-state index < -0.39 is 44.8 Å². The number of nitro groups is 1. The van der Waals surface area contributed by atoms with Gasteiger partial charge in [0.15, 0.2) is 17.0 Å². The molecule has 220 valence electrons. The maximum Gasteiger partial charge on any atom is 0.433 e. The number of aromatic nitrogens is 3. The van der Waals surface area contributed by atoms with E-state index in [1.165, 1.54) is 25.3 Å². The normalized spacial score (nSPS) is 11.4. The van der Waals surface area contributed by atoms with Crippen molar-refractivity contribution >= 4 is 46.1 Å². The van der Waals surface area contributed by atoms with Crippen molar-refractivity contribution in [2.24, 2.45) is 0 Å². The zero-order valence-electron chi connectivity index (χ0n) is 22.1. The second-order valence-corrected chi connectivity index (χ2v) is 9.91. The Morgan fingerprint density at radius 2 is 1.81 bits per heavy atom. The second-order valence-electron chi connectivity index (χ2n) is 9.09. The summed E-state index contributed by atoms with van der Waals surface area (Å²) in [5.41, 5.74) is -1.94. The number of fused-ring (bicyclic) bond motifs is 1. The van der Waals surface area contributed by atoms with E-state index in [9.17, 15) is 28.1 Å². The fourth-order valence-electron chi connectivity index (χ4n) is 4.13. The summed E-state index contributed by atoms with van der Waals surface area (Å²) in [7, 11) is 1.41. The predicted molar refractivity (Wildman–Crippen MR) is 152 cm³/mol. The molecule has 1 amide bonds. The number of carbonyl (C=O) groups excluding carboxylic acids is 1. The molecule has 5 aromatic rings. The molecule has 3 aromatic carbocycles. The van der Waals surface area contributed by atoms with E-state index in [1.807, 2.05) is 0 Å². The van der Waals surface area contributed by atoms with Gasteiger partial charge in [0, 0.05) is 22.7 Å². The van der Waals surface area contributed by atoms with Crippen LogP contribution in [0.25, 0.3) is 16.9 Å². The van der Waals surface area contributed by atoms with Crippen molar-refractivity contribution < 1.29 is 32.4 Å². The largest absolute Gasteiger partial charge is 0.497 e. The predicted octanol–water partition coefficient (Wildman–Crippen LogP) is 7.99. The molecule has 0 saturated carbocycles. The first kappa shape index (κ1) is 29.6. The minimum Gasteiger partial charge on any atom is -0.497 e. The van der Waals surface area contributed by atoms with Crippen molar-refractivity contribution in [2.45, 2.75) is 13.1 Å². The number of ether oxygens (including phenoxy) is 2. The lowest BCUT2D eigenvalue weighted by molar-refractivity contribution is -0.384. The SMILES string of the molecule is COc1cccc(-c2cc(C(F)(F)F)n3nc(C(=O)Nc4cc(Oc5ccc(Cl)cc5C)cc([N+](=O)[O-])c4)c(Cl)c3n2)c1. The number of carbonyl (C=O) groups is 1. The highest BCUT2D eigenvalue weighted by Gasteiger charge is 2.37. The molecule has 15 heteroatoms. The van der Waals surface area contributed by atoms with Crippen molar-refractivity contribution in [3.8, 4) is 28.5 Å². The number of anilines is 1. The Hall–Kier alpha value is -4.88. The number of nitrogens with zero attached hydrogens (tertiary/aromatic N) is 4. The molecule has 2 heterocycles. The molecular formula is C28H18Cl2F3N5O5. The molecule has 0 saturated heterocycles. The van der Waals surface area contributed by atoms with E-state index >= 15 is 0 Å². The molecule has 0 bridgehead atoms. The van der Waals surface area contributed by atoms with Gasteiger partial charge in [0.1, 0.15) is 22.3 Å². The first-order valence-corrected chi connectivity index (χ1v) is 13.0. The highest BCUT2D eigenvalue weighted by atomic mass is 35.5. The van der Waals surface area contributed by atoms with Crippen molar-refractivity contribution in [1.29, 1.82) is 0 Å². The summed E-state index contributed by atoms with van der Waals surface area (Å²) in [5, 5.41) is 17.8. The van der Waals surface area contributed by atoms with E-state index in [-0.39, 0.29) is 17.1 Å². The van der Waals surface area contributed by atoms with Crippen LogP contribution in [0, 0.1) is 17.0 Å². The summed E-state index contributed by atoms with van der Waals surface area (Å²) in [6.07, 6.45) is -4.90. The van der Waals surface area contributed by atoms with Crippen LogP contribution in [0.2, 0.25) is 10.0 Å². The third kappa shape index (κ3) is 6.17. The van der Waals surface area contributed by atoms with Gasteiger partial charge in [-0.1, -0.05) is 35.3 Å². The van der Waals surface area contributed by atoms with Gasteiger partial charge in [0.05, 0.1) is 29.5 Å². The number of rotatable bonds is 7. The standard InChI is InChI=1S/C28H18Cl2F3N5O5/c1-14-8-16(29)6-7-22(14)43-20-11-17(10-18(12-20)38(40)41)34-27(39)25-24(30)26-35-21(15-4-3-5-19(9-15)42-2)13-23(28(31,32)33)37(26)36-25/h3-13H,1-2H3,(H,34,39). The Kier molecular flexibility index (Phi) is 7.86. The quantitative estimate of drug-likeness (QED) is 0.143. The van der Waals surface area contributed by atoms with Gasteiger partial charge in [0.2, 0.25) is 0 Å². The fourth-order valence-corrected chi connectivity index (χ4v) is 4.61. The molecule has 0 unspecified atom stereocenters. The summed E-state index contributed by atoms with van der Waals surface area (Å²) < 4.78 is 53.6. The molecule has 0 fully saturated rings. The molecule has 0 aliphatic heterocycles. The van der Waals surface area contributed by atoms with E-state index in [4.69, 9.17) is 32.7 Å². The van der Waals surface area contributed by atoms with Gasteiger partial charge in [0.25, 0.3) is 11.6 Å². The number of alkyl halides is 3. The lowest BCUT2D eigenvalue weighted by Crippen LogP contribution is -2.16. The van der Waals surface area contributed by atoms with Crippen LogP contribution in [-0.4, -0.2) is 32.5 Å². The topological polar surface area (TPSA) is 121 Å². The third-order valence-corrected chi connectivity index (χ3v) is 6.71. The molecule has 5 rings (SSSR count). The van der Waals surface area contributed by atoms with Gasteiger partial charge in [-0.15, -0.1) is 0 Å². The molecule has 0 radical (unpaired) electrons. The number of non-ortho nitro benzene ring substituents is 1. The summed E-state index contributed by atoms with van der Waals surface area (Å²) in [4.78, 5) is 28.3. The van der Waals surface area contributed by atoms with Crippen LogP contribution in [-0.2, 0) is 6.18 Å². The van der Waals surface area contributed by atoms with Gasteiger partial charge in [-0.2, -0.15) is 18.3 Å². The number of aryl methyl sites for hydroxylation is 1. The van der Waals surface area contributed by atoms with Gasteiger partial charge in [-0.3, -0.25) is 14.9 Å². The summed E-state index contributed by atoms with van der Waals surface area (Å²) in [6.45, 7) is 1.72. The number of hydrogen-bond acceptors (Lipinski definition) is 7. The minimum absolute atomic E-state index is 0.0000220. The lowest BCUT2D eigenvalue weighted by Gasteiger charge is -2.11. The molecule has 10 nitrogen and oxygen atoms in total. The Morgan fingerprint density at radius 3 is 2.49 bits per heavy atom. The average Bonchev–Trinajstić information content (AvgIpc) is 3.29. The Labute approximate surface area is 250 Å². The maximum atomic E-state index is 14.1. The fraction of sp³-hybridized carbons (Fsp3) is 0.107. The van der Waals surface area contributed by atoms with E-state index in [2.05, 4.69) is 15.4 Å². The van der Waals surface area contributed by atoms with Gasteiger partial charge in [-0.05, 0) is 48.9 Å². The Bertz CT molecular complexity index is 1910. The first-order valence-electron chi connectivity index (χ1n) is 12.2. The number of hydrogen-bond donors (Lipinski definition) is 1. The van der Waals surface area contributed by atoms with Crippen LogP contribution in [0.5, 0.6) is 17.2 Å². The summed E-state index contributed by atoms with van der Waals surface area (Å²) in [6, 6.07) is 15.2. The number of nitro benzene ring substituents is 1. The number of methoxy groups -OCH3 is 1. The molecular weight excluding hydrogens is 614 g/mol. The lowest BCUT2D eigenvalue weighted by atomic mass is 10.1.